The Morgan fingerprint density at radius 2 is 1.62 bits per heavy atom. The number of carbonyl (C=O) groups excluding carboxylic acids is 1. The monoisotopic (exact) mass is 555 g/mol. The molecule has 0 N–H and O–H groups in total. The van der Waals surface area contributed by atoms with Crippen LogP contribution >= 0.6 is 22.9 Å². The molecular weight excluding hydrogens is 526 g/mol. The van der Waals surface area contributed by atoms with E-state index in [4.69, 9.17) is 16.6 Å². The molecule has 0 saturated carbocycles. The van der Waals surface area contributed by atoms with E-state index < -0.39 is 10.0 Å². The van der Waals surface area contributed by atoms with E-state index in [2.05, 4.69) is 0 Å². The lowest BCUT2D eigenvalue weighted by Gasteiger charge is -2.22. The quantitative estimate of drug-likeness (QED) is 0.213. The first-order valence-electron chi connectivity index (χ1n) is 12.3. The van der Waals surface area contributed by atoms with Gasteiger partial charge in [-0.05, 0) is 67.3 Å². The van der Waals surface area contributed by atoms with Gasteiger partial charge in [0, 0.05) is 23.7 Å². The van der Waals surface area contributed by atoms with E-state index in [1.165, 1.54) is 27.8 Å². The summed E-state index contributed by atoms with van der Waals surface area (Å²) in [5.41, 5.74) is 3.10. The molecule has 37 heavy (non-hydrogen) atoms. The highest BCUT2D eigenvalue weighted by molar-refractivity contribution is 7.89. The topological polar surface area (TPSA) is 70.6 Å². The van der Waals surface area contributed by atoms with Gasteiger partial charge >= 0.3 is 0 Å². The van der Waals surface area contributed by atoms with Crippen molar-refractivity contribution in [1.82, 2.24) is 9.29 Å². The van der Waals surface area contributed by atoms with E-state index in [0.29, 0.717) is 35.4 Å². The lowest BCUT2D eigenvalue weighted by atomic mass is 10.1. The van der Waals surface area contributed by atoms with Crippen LogP contribution in [0.3, 0.4) is 0 Å². The molecule has 1 aromatic heterocycles. The molecule has 194 valence electrons. The van der Waals surface area contributed by atoms with Crippen LogP contribution in [-0.4, -0.2) is 36.7 Å². The van der Waals surface area contributed by atoms with E-state index in [9.17, 15) is 13.2 Å². The van der Waals surface area contributed by atoms with Crippen molar-refractivity contribution in [3.63, 3.8) is 0 Å². The second-order valence-electron chi connectivity index (χ2n) is 8.87. The molecule has 4 rings (SSSR count). The van der Waals surface area contributed by atoms with Crippen LogP contribution in [0, 0.1) is 6.92 Å². The molecule has 0 saturated heterocycles. The molecule has 0 atom stereocenters. The first kappa shape index (κ1) is 27.3. The first-order valence-corrected chi connectivity index (χ1v) is 14.9. The van der Waals surface area contributed by atoms with Gasteiger partial charge in [-0.3, -0.25) is 9.69 Å². The number of thiazole rings is 1. The Labute approximate surface area is 227 Å². The molecule has 0 unspecified atom stereocenters. The van der Waals surface area contributed by atoms with Crippen LogP contribution in [0.25, 0.3) is 10.2 Å². The number of carbonyl (C=O) groups is 1. The maximum atomic E-state index is 13.8. The number of halogens is 1. The zero-order valence-electron chi connectivity index (χ0n) is 21.1. The summed E-state index contributed by atoms with van der Waals surface area (Å²) in [6, 6.07) is 19.6. The molecular formula is C28H30ClN3O3S2. The molecule has 0 spiro atoms. The number of hydrogen-bond acceptors (Lipinski definition) is 5. The molecule has 0 aliphatic heterocycles. The Morgan fingerprint density at radius 1 is 0.973 bits per heavy atom. The minimum absolute atomic E-state index is 0.186. The van der Waals surface area contributed by atoms with Crippen molar-refractivity contribution >= 4 is 54.2 Å². The van der Waals surface area contributed by atoms with Gasteiger partial charge in [-0.1, -0.05) is 67.1 Å². The fourth-order valence-electron chi connectivity index (χ4n) is 4.18. The highest BCUT2D eigenvalue weighted by atomic mass is 35.5. The summed E-state index contributed by atoms with van der Waals surface area (Å²) in [7, 11) is -3.63. The van der Waals surface area contributed by atoms with Crippen molar-refractivity contribution in [1.29, 1.82) is 0 Å². The molecule has 9 heteroatoms. The third-order valence-corrected chi connectivity index (χ3v) is 9.14. The van der Waals surface area contributed by atoms with Gasteiger partial charge in [0.25, 0.3) is 5.91 Å². The van der Waals surface area contributed by atoms with Gasteiger partial charge in [0.1, 0.15) is 0 Å². The largest absolute Gasteiger partial charge is 0.279 e. The number of sulfonamides is 1. The van der Waals surface area contributed by atoms with Gasteiger partial charge in [-0.2, -0.15) is 4.31 Å². The number of hydrogen-bond donors (Lipinski definition) is 0. The van der Waals surface area contributed by atoms with Crippen molar-refractivity contribution in [2.24, 2.45) is 0 Å². The number of aromatic nitrogens is 1. The standard InChI is InChI=1S/C28H30ClN3O3S2/c1-4-15-31(16-5-2)37(34,35)24-13-11-22(12-14-24)27(33)32(19-21-9-7-6-8-10-21)28-30-26-20(3)17-23(29)18-25(26)36-28/h6-14,17-18H,4-5,15-16,19H2,1-3H3. The molecule has 0 radical (unpaired) electrons. The highest BCUT2D eigenvalue weighted by Gasteiger charge is 2.26. The van der Waals surface area contributed by atoms with Crippen molar-refractivity contribution in [3.05, 3.63) is 88.4 Å². The SMILES string of the molecule is CCCN(CCC)S(=O)(=O)c1ccc(C(=O)N(Cc2ccccc2)c2nc3c(C)cc(Cl)cc3s2)cc1. The third-order valence-electron chi connectivity index (χ3n) is 5.98. The number of aryl methyl sites for hydroxylation is 1. The van der Waals surface area contributed by atoms with Crippen LogP contribution in [0.4, 0.5) is 5.13 Å². The summed E-state index contributed by atoms with van der Waals surface area (Å²) in [5, 5.41) is 1.18. The van der Waals surface area contributed by atoms with Gasteiger partial charge in [-0.15, -0.1) is 0 Å². The first-order chi connectivity index (χ1) is 17.7. The maximum absolute atomic E-state index is 13.8. The number of rotatable bonds is 10. The Morgan fingerprint density at radius 3 is 2.24 bits per heavy atom. The second kappa shape index (κ2) is 11.7. The van der Waals surface area contributed by atoms with Crippen molar-refractivity contribution in [2.45, 2.75) is 45.1 Å². The van der Waals surface area contributed by atoms with Crippen LogP contribution < -0.4 is 4.90 Å². The van der Waals surface area contributed by atoms with E-state index in [0.717, 1.165) is 34.2 Å². The number of fused-ring (bicyclic) bond motifs is 1. The normalized spacial score (nSPS) is 11.8. The fourth-order valence-corrected chi connectivity index (χ4v) is 7.22. The number of anilines is 1. The zero-order valence-corrected chi connectivity index (χ0v) is 23.5. The summed E-state index contributed by atoms with van der Waals surface area (Å²) in [5.74, 6) is -0.255. The number of benzene rings is 3. The van der Waals surface area contributed by atoms with E-state index in [1.807, 2.05) is 63.2 Å². The predicted octanol–water partition coefficient (Wildman–Crippen LogP) is 6.92. The molecule has 1 amide bonds. The molecule has 4 aromatic rings. The van der Waals surface area contributed by atoms with E-state index in [-0.39, 0.29) is 10.8 Å². The van der Waals surface area contributed by atoms with Gasteiger partial charge in [0.05, 0.1) is 21.7 Å². The Hall–Kier alpha value is -2.78. The van der Waals surface area contributed by atoms with Crippen molar-refractivity contribution in [2.75, 3.05) is 18.0 Å². The zero-order chi connectivity index (χ0) is 26.6. The van der Waals surface area contributed by atoms with Crippen molar-refractivity contribution < 1.29 is 13.2 Å². The number of nitrogens with zero attached hydrogens (tertiary/aromatic N) is 3. The summed E-state index contributed by atoms with van der Waals surface area (Å²) in [6.07, 6.45) is 1.47. The minimum atomic E-state index is -3.63. The van der Waals surface area contributed by atoms with Crippen LogP contribution in [0.1, 0.15) is 48.2 Å². The van der Waals surface area contributed by atoms with Crippen LogP contribution in [0.5, 0.6) is 0 Å². The third kappa shape index (κ3) is 6.04. The molecule has 0 fully saturated rings. The fraction of sp³-hybridized carbons (Fsp3) is 0.286. The lowest BCUT2D eigenvalue weighted by Crippen LogP contribution is -2.33. The minimum Gasteiger partial charge on any atom is -0.279 e. The lowest BCUT2D eigenvalue weighted by molar-refractivity contribution is 0.0985. The van der Waals surface area contributed by atoms with E-state index >= 15 is 0 Å². The second-order valence-corrected chi connectivity index (χ2v) is 12.3. The molecule has 0 bridgehead atoms. The number of amides is 1. The van der Waals surface area contributed by atoms with Crippen molar-refractivity contribution in [3.8, 4) is 0 Å². The average Bonchev–Trinajstić information content (AvgIpc) is 3.31. The Balaban J connectivity index is 1.70. The molecule has 6 nitrogen and oxygen atoms in total. The molecule has 3 aromatic carbocycles. The van der Waals surface area contributed by atoms with Crippen LogP contribution in [-0.2, 0) is 16.6 Å². The summed E-state index contributed by atoms with van der Waals surface area (Å²) in [4.78, 5) is 20.4. The molecule has 1 heterocycles. The van der Waals surface area contributed by atoms with Crippen LogP contribution in [0.15, 0.2) is 71.6 Å². The summed E-state index contributed by atoms with van der Waals surface area (Å²) >= 11 is 7.67. The maximum Gasteiger partial charge on any atom is 0.260 e. The van der Waals surface area contributed by atoms with Gasteiger partial charge in [0.2, 0.25) is 10.0 Å². The summed E-state index contributed by atoms with van der Waals surface area (Å²) in [6.45, 7) is 7.11. The Bertz CT molecular complexity index is 1480. The van der Waals surface area contributed by atoms with E-state index in [1.54, 1.807) is 17.0 Å². The van der Waals surface area contributed by atoms with Gasteiger partial charge in [-0.25, -0.2) is 13.4 Å². The molecule has 0 aliphatic rings. The average molecular weight is 556 g/mol. The predicted molar refractivity (Wildman–Crippen MR) is 152 cm³/mol. The summed E-state index contributed by atoms with van der Waals surface area (Å²) < 4.78 is 28.7. The van der Waals surface area contributed by atoms with Crippen LogP contribution in [0.2, 0.25) is 5.02 Å². The van der Waals surface area contributed by atoms with Gasteiger partial charge in [0.15, 0.2) is 5.13 Å². The smallest absolute Gasteiger partial charge is 0.260 e. The highest BCUT2D eigenvalue weighted by Crippen LogP contribution is 2.34. The Kier molecular flexibility index (Phi) is 8.64. The van der Waals surface area contributed by atoms with Gasteiger partial charge < -0.3 is 0 Å². The molecule has 0 aliphatic carbocycles.